The molecule has 0 aliphatic heterocycles. The van der Waals surface area contributed by atoms with Gasteiger partial charge in [0.1, 0.15) is 12.4 Å². The number of aromatic nitrogens is 1. The van der Waals surface area contributed by atoms with Gasteiger partial charge < -0.3 is 20.9 Å². The van der Waals surface area contributed by atoms with Gasteiger partial charge in [-0.05, 0) is 37.0 Å². The van der Waals surface area contributed by atoms with Gasteiger partial charge in [-0.15, -0.1) is 11.3 Å². The van der Waals surface area contributed by atoms with E-state index in [1.54, 1.807) is 11.3 Å². The predicted molar refractivity (Wildman–Crippen MR) is 109 cm³/mol. The van der Waals surface area contributed by atoms with Crippen LogP contribution in [-0.4, -0.2) is 41.7 Å². The van der Waals surface area contributed by atoms with E-state index in [0.717, 1.165) is 36.1 Å². The van der Waals surface area contributed by atoms with Crippen molar-refractivity contribution in [2.45, 2.75) is 39.0 Å². The average Bonchev–Trinajstić information content (AvgIpc) is 3.22. The third-order valence-corrected chi connectivity index (χ3v) is 5.19. The lowest BCUT2D eigenvalue weighted by molar-refractivity contribution is -0.134. The lowest BCUT2D eigenvalue weighted by Gasteiger charge is -2.07. The van der Waals surface area contributed by atoms with Crippen molar-refractivity contribution in [1.29, 1.82) is 0 Å². The molecule has 0 bridgehead atoms. The highest BCUT2D eigenvalue weighted by atomic mass is 32.1. The fraction of sp³-hybridized carbons (Fsp3) is 0.450. The molecule has 4 N–H and O–H groups in total. The number of rotatable bonds is 8. The number of benzene rings is 1. The summed E-state index contributed by atoms with van der Waals surface area (Å²) in [6.07, 6.45) is 4.72. The number of aryl methyl sites for hydroxylation is 2. The third-order valence-electron chi connectivity index (χ3n) is 3.98. The molecule has 1 heterocycles. The lowest BCUT2D eigenvalue weighted by Crippen LogP contribution is -2.27. The van der Waals surface area contributed by atoms with Crippen LogP contribution in [0.4, 0.5) is 0 Å². The minimum atomic E-state index is -0.833. The normalized spacial score (nSPS) is 11.9. The van der Waals surface area contributed by atoms with Gasteiger partial charge in [-0.25, -0.2) is 4.98 Å². The van der Waals surface area contributed by atoms with E-state index >= 15 is 0 Å². The Hall–Kier alpha value is -2.45. The highest BCUT2D eigenvalue weighted by Gasteiger charge is 2.16. The van der Waals surface area contributed by atoms with E-state index in [4.69, 9.17) is 20.4 Å². The largest absolute Gasteiger partial charge is 0.492 e. The monoisotopic (exact) mass is 405 g/mol. The maximum absolute atomic E-state index is 12.0. The lowest BCUT2D eigenvalue weighted by atomic mass is 10.1. The summed E-state index contributed by atoms with van der Waals surface area (Å²) in [7, 11) is 0. The van der Waals surface area contributed by atoms with Crippen LogP contribution in [0, 0.1) is 0 Å². The average molecular weight is 406 g/mol. The number of ether oxygens (including phenoxy) is 1. The number of nitrogens with two attached hydrogens (primary N) is 1. The molecule has 0 unspecified atom stereocenters. The summed E-state index contributed by atoms with van der Waals surface area (Å²) in [5, 5.41) is 11.5. The molecule has 3 rings (SSSR count). The first kappa shape index (κ1) is 21.8. The molecule has 7 nitrogen and oxygen atoms in total. The Bertz CT molecular complexity index is 749. The van der Waals surface area contributed by atoms with Gasteiger partial charge in [0.05, 0.1) is 17.1 Å². The van der Waals surface area contributed by atoms with E-state index in [1.807, 2.05) is 24.3 Å². The van der Waals surface area contributed by atoms with Crippen molar-refractivity contribution < 1.29 is 19.4 Å². The Morgan fingerprint density at radius 3 is 2.64 bits per heavy atom. The summed E-state index contributed by atoms with van der Waals surface area (Å²) in [5.74, 6) is -0.0175. The van der Waals surface area contributed by atoms with Gasteiger partial charge in [0, 0.05) is 31.3 Å². The maximum Gasteiger partial charge on any atom is 0.300 e. The van der Waals surface area contributed by atoms with E-state index < -0.39 is 5.97 Å². The Morgan fingerprint density at radius 1 is 1.29 bits per heavy atom. The molecule has 0 spiro atoms. The summed E-state index contributed by atoms with van der Waals surface area (Å²) < 4.78 is 5.42. The van der Waals surface area contributed by atoms with Crippen LogP contribution >= 0.6 is 11.3 Å². The van der Waals surface area contributed by atoms with Gasteiger partial charge in [-0.3, -0.25) is 9.59 Å². The van der Waals surface area contributed by atoms with Crippen LogP contribution < -0.4 is 15.8 Å². The van der Waals surface area contributed by atoms with Gasteiger partial charge in [0.15, 0.2) is 0 Å². The molecular weight excluding hydrogens is 378 g/mol. The first-order valence-electron chi connectivity index (χ1n) is 9.33. The van der Waals surface area contributed by atoms with Crippen LogP contribution in [0.1, 0.15) is 34.5 Å². The first-order chi connectivity index (χ1) is 13.5. The second kappa shape index (κ2) is 11.4. The number of carbonyl (C=O) groups excluding carboxylic acids is 1. The number of nitrogens with one attached hydrogen (secondary N) is 1. The Balaban J connectivity index is 0.000000640. The summed E-state index contributed by atoms with van der Waals surface area (Å²) in [6, 6.07) is 7.57. The van der Waals surface area contributed by atoms with Crippen molar-refractivity contribution >= 4 is 23.2 Å². The highest BCUT2D eigenvalue weighted by molar-refractivity contribution is 7.11. The molecule has 0 fully saturated rings. The topological polar surface area (TPSA) is 115 Å². The summed E-state index contributed by atoms with van der Waals surface area (Å²) in [6.45, 7) is 2.72. The van der Waals surface area contributed by atoms with Gasteiger partial charge in [-0.2, -0.15) is 0 Å². The van der Waals surface area contributed by atoms with E-state index in [1.165, 1.54) is 23.4 Å². The zero-order valence-electron chi connectivity index (χ0n) is 16.1. The number of carboxylic acids is 1. The smallest absolute Gasteiger partial charge is 0.300 e. The number of carbonyl (C=O) groups is 2. The minimum absolute atomic E-state index is 0.0368. The van der Waals surface area contributed by atoms with Crippen LogP contribution in [0.15, 0.2) is 24.3 Å². The SMILES string of the molecule is CC(=O)O.NCCOc1ccc(CC(=O)NCCc2nc3c(s2)CCC3)cc1. The zero-order chi connectivity index (χ0) is 20.4. The van der Waals surface area contributed by atoms with E-state index in [9.17, 15) is 4.79 Å². The second-order valence-corrected chi connectivity index (χ2v) is 7.58. The predicted octanol–water partition coefficient (Wildman–Crippen LogP) is 1.96. The van der Waals surface area contributed by atoms with E-state index in [-0.39, 0.29) is 5.91 Å². The molecule has 1 aliphatic rings. The molecule has 1 aliphatic carbocycles. The fourth-order valence-corrected chi connectivity index (χ4v) is 3.94. The van der Waals surface area contributed by atoms with Gasteiger partial charge in [0.25, 0.3) is 5.97 Å². The molecule has 0 saturated carbocycles. The van der Waals surface area contributed by atoms with E-state index in [0.29, 0.717) is 26.1 Å². The van der Waals surface area contributed by atoms with Crippen molar-refractivity contribution in [2.75, 3.05) is 19.7 Å². The standard InChI is InChI=1S/C18H23N3O2S.C2H4O2/c19-9-11-23-14-6-4-13(5-7-14)12-17(22)20-10-8-18-21-15-2-1-3-16(15)24-18;1-2(3)4/h4-7H,1-3,8-12,19H2,(H,20,22);1H3,(H,3,4). The molecule has 28 heavy (non-hydrogen) atoms. The molecule has 8 heteroatoms. The third kappa shape index (κ3) is 7.66. The number of aliphatic carboxylic acids is 1. The van der Waals surface area contributed by atoms with Crippen LogP contribution in [0.2, 0.25) is 0 Å². The van der Waals surface area contributed by atoms with Gasteiger partial charge in [-0.1, -0.05) is 12.1 Å². The van der Waals surface area contributed by atoms with Crippen LogP contribution in [0.3, 0.4) is 0 Å². The Kier molecular flexibility index (Phi) is 8.90. The van der Waals surface area contributed by atoms with Crippen molar-refractivity contribution in [2.24, 2.45) is 5.73 Å². The minimum Gasteiger partial charge on any atom is -0.492 e. The molecule has 152 valence electrons. The van der Waals surface area contributed by atoms with Crippen LogP contribution in [-0.2, 0) is 35.3 Å². The highest BCUT2D eigenvalue weighted by Crippen LogP contribution is 2.27. The number of carboxylic acid groups (broad SMARTS) is 1. The number of amides is 1. The Morgan fingerprint density at radius 2 is 2.00 bits per heavy atom. The molecular formula is C20H27N3O4S. The molecule has 0 atom stereocenters. The van der Waals surface area contributed by atoms with Crippen molar-refractivity contribution in [3.05, 3.63) is 45.4 Å². The number of hydrogen-bond donors (Lipinski definition) is 3. The number of fused-ring (bicyclic) bond motifs is 1. The summed E-state index contributed by atoms with van der Waals surface area (Å²) >= 11 is 1.80. The zero-order valence-corrected chi connectivity index (χ0v) is 16.9. The van der Waals surface area contributed by atoms with Gasteiger partial charge in [0.2, 0.25) is 5.91 Å². The second-order valence-electron chi connectivity index (χ2n) is 6.41. The molecule has 0 radical (unpaired) electrons. The first-order valence-corrected chi connectivity index (χ1v) is 10.1. The number of thiazole rings is 1. The van der Waals surface area contributed by atoms with Crippen molar-refractivity contribution in [1.82, 2.24) is 10.3 Å². The fourth-order valence-electron chi connectivity index (χ4n) is 2.79. The molecule has 1 aromatic carbocycles. The summed E-state index contributed by atoms with van der Waals surface area (Å²) in [5.41, 5.74) is 7.65. The molecule has 2 aromatic rings. The number of hydrogen-bond acceptors (Lipinski definition) is 6. The van der Waals surface area contributed by atoms with Crippen LogP contribution in [0.25, 0.3) is 0 Å². The van der Waals surface area contributed by atoms with Crippen molar-refractivity contribution in [3.8, 4) is 5.75 Å². The maximum atomic E-state index is 12.0. The Labute approximate surface area is 168 Å². The summed E-state index contributed by atoms with van der Waals surface area (Å²) in [4.78, 5) is 27.1. The molecule has 0 saturated heterocycles. The van der Waals surface area contributed by atoms with E-state index in [2.05, 4.69) is 10.3 Å². The number of nitrogens with zero attached hydrogens (tertiary/aromatic N) is 1. The van der Waals surface area contributed by atoms with Crippen molar-refractivity contribution in [3.63, 3.8) is 0 Å². The molecule has 1 aromatic heterocycles. The quantitative estimate of drug-likeness (QED) is 0.618. The van der Waals surface area contributed by atoms with Crippen LogP contribution in [0.5, 0.6) is 5.75 Å². The van der Waals surface area contributed by atoms with Gasteiger partial charge >= 0.3 is 0 Å². The molecule has 1 amide bonds.